The summed E-state index contributed by atoms with van der Waals surface area (Å²) in [6, 6.07) is 20.6. The number of Topliss-reactive ketones (excluding diaryl/α,β-unsaturated/α-hetero) is 2. The van der Waals surface area contributed by atoms with E-state index in [1.54, 1.807) is 96.1 Å². The third kappa shape index (κ3) is 24.0. The van der Waals surface area contributed by atoms with Crippen molar-refractivity contribution in [2.24, 2.45) is 5.92 Å². The summed E-state index contributed by atoms with van der Waals surface area (Å²) < 4.78 is 55.0. The fraction of sp³-hybridized carbons (Fsp3) is 0.500. The van der Waals surface area contributed by atoms with Crippen LogP contribution in [0.15, 0.2) is 149 Å². The minimum Gasteiger partial charge on any atom is -0.481 e. The maximum atomic E-state index is 14.4. The monoisotopic (exact) mass is 1660 g/mol. The van der Waals surface area contributed by atoms with E-state index in [1.165, 1.54) is 18.2 Å². The molecule has 118 heavy (non-hydrogen) atoms. The van der Waals surface area contributed by atoms with Gasteiger partial charge in [-0.15, -0.1) is 0 Å². The summed E-state index contributed by atoms with van der Waals surface area (Å²) in [5.41, 5.74) is 3.80. The number of urea groups is 1. The van der Waals surface area contributed by atoms with Crippen LogP contribution in [0, 0.1) is 5.92 Å². The highest BCUT2D eigenvalue weighted by Crippen LogP contribution is 2.49. The average Bonchev–Trinajstić information content (AvgIpc) is 1.59. The van der Waals surface area contributed by atoms with Crippen LogP contribution in [0.5, 0.6) is 5.75 Å². The Morgan fingerprint density at radius 1 is 0.619 bits per heavy atom. The Morgan fingerprint density at radius 3 is 1.85 bits per heavy atom. The Balaban J connectivity index is 0.942. The van der Waals surface area contributed by atoms with Crippen molar-refractivity contribution in [3.05, 3.63) is 166 Å². The first kappa shape index (κ1) is 91.9. The number of aliphatic carboxylic acids is 3. The SMILES string of the molecule is CC1(C)C(=CC=C2CCCC(C=CC3=[N+](CC(=O)NC4C(O)OC(CO)C(O)C4O)c4ccccc4C3(C)C)=C2Oc2ccc(C[C@H](CC(=O)[C@H](Cc3ccccc3)NC(=O)CCCCCCCCC(=O)CC[C@@H](NC(=O)NCCCC(=O)O)C(=O)O)C(=O)O)cc2)N(CC(=O)NC2C(O)OC(CO)C(O)C2O)c2ccc(S(=O)(=O)O)cc21. The highest BCUT2D eigenvalue weighted by molar-refractivity contribution is 7.85. The minimum absolute atomic E-state index is 0.0298. The van der Waals surface area contributed by atoms with Gasteiger partial charge in [0.25, 0.3) is 16.0 Å². The summed E-state index contributed by atoms with van der Waals surface area (Å²) in [4.78, 5) is 118. The predicted molar refractivity (Wildman–Crippen MR) is 425 cm³/mol. The number of aliphatic hydroxyl groups is 8. The molecule has 13 atom stereocenters. The van der Waals surface area contributed by atoms with E-state index in [0.717, 1.165) is 24.0 Å². The number of nitrogens with one attached hydrogen (secondary N) is 5. The van der Waals surface area contributed by atoms with E-state index in [-0.39, 0.29) is 76.0 Å². The summed E-state index contributed by atoms with van der Waals surface area (Å²) in [6.07, 6.45) is -1.23. The highest BCUT2D eigenvalue weighted by atomic mass is 32.2. The van der Waals surface area contributed by atoms with Crippen molar-refractivity contribution < 1.29 is 131 Å². The van der Waals surface area contributed by atoms with Gasteiger partial charge in [-0.2, -0.15) is 13.0 Å². The van der Waals surface area contributed by atoms with Gasteiger partial charge in [-0.05, 0) is 142 Å². The zero-order valence-corrected chi connectivity index (χ0v) is 67.0. The van der Waals surface area contributed by atoms with Crippen molar-refractivity contribution >= 4 is 80.4 Å². The summed E-state index contributed by atoms with van der Waals surface area (Å²) >= 11 is 0. The van der Waals surface area contributed by atoms with E-state index < -0.39 is 179 Å². The van der Waals surface area contributed by atoms with Gasteiger partial charge >= 0.3 is 23.9 Å². The molecule has 9 rings (SSSR count). The van der Waals surface area contributed by atoms with Gasteiger partial charge in [0, 0.05) is 73.2 Å². The van der Waals surface area contributed by atoms with Gasteiger partial charge in [-0.1, -0.05) is 106 Å². The van der Waals surface area contributed by atoms with Crippen LogP contribution < -0.4 is 36.2 Å². The lowest BCUT2D eigenvalue weighted by Gasteiger charge is -2.40. The molecule has 34 heteroatoms. The second-order valence-electron chi connectivity index (χ2n) is 31.4. The largest absolute Gasteiger partial charge is 0.481 e. The van der Waals surface area contributed by atoms with E-state index in [1.807, 2.05) is 44.2 Å². The number of anilines is 1. The zero-order chi connectivity index (χ0) is 85.9. The number of unbranched alkanes of at least 4 members (excludes halogenated alkanes) is 5. The van der Waals surface area contributed by atoms with Crippen molar-refractivity contribution in [1.82, 2.24) is 26.6 Å². The topological polar surface area (TPSA) is 525 Å². The molecule has 0 radical (unpaired) electrons. The van der Waals surface area contributed by atoms with Crippen LogP contribution >= 0.6 is 0 Å². The van der Waals surface area contributed by atoms with Crippen LogP contribution in [0.1, 0.15) is 153 Å². The van der Waals surface area contributed by atoms with Crippen LogP contribution in [-0.2, 0) is 81.6 Å². The van der Waals surface area contributed by atoms with Gasteiger partial charge in [0.1, 0.15) is 78.6 Å². The number of carbonyl (C=O) groups is 9. The van der Waals surface area contributed by atoms with Crippen LogP contribution in [0.25, 0.3) is 0 Å². The first-order chi connectivity index (χ1) is 56.0. The van der Waals surface area contributed by atoms with Crippen molar-refractivity contribution in [3.63, 3.8) is 0 Å². The summed E-state index contributed by atoms with van der Waals surface area (Å²) in [5.74, 6) is -6.78. The van der Waals surface area contributed by atoms with E-state index in [2.05, 4.69) is 26.6 Å². The quantitative estimate of drug-likeness (QED) is 0.0170. The Bertz CT molecular complexity index is 4560. The van der Waals surface area contributed by atoms with Crippen molar-refractivity contribution in [1.29, 1.82) is 0 Å². The van der Waals surface area contributed by atoms with Gasteiger partial charge in [0.2, 0.25) is 24.0 Å². The number of hydrogen-bond donors (Lipinski definition) is 17. The minimum atomic E-state index is -4.76. The molecule has 4 aromatic carbocycles. The molecular formula is C84H108N7O26S+. The van der Waals surface area contributed by atoms with Crippen molar-refractivity contribution in [2.45, 2.75) is 232 Å². The zero-order valence-electron chi connectivity index (χ0n) is 66.2. The maximum absolute atomic E-state index is 14.4. The smallest absolute Gasteiger partial charge is 0.326 e. The van der Waals surface area contributed by atoms with E-state index in [0.29, 0.717) is 95.8 Å². The van der Waals surface area contributed by atoms with Gasteiger partial charge in [0.15, 0.2) is 24.1 Å². The number of allylic oxidation sites excluding steroid dienone is 7. The number of carboxylic acids is 3. The fourth-order valence-corrected chi connectivity index (χ4v) is 16.0. The van der Waals surface area contributed by atoms with Gasteiger partial charge < -0.3 is 102 Å². The Hall–Kier alpha value is -9.95. The van der Waals surface area contributed by atoms with Crippen LogP contribution in [0.3, 0.4) is 0 Å². The molecule has 640 valence electrons. The Labute approximate surface area is 682 Å². The molecule has 1 aliphatic carbocycles. The molecule has 0 spiro atoms. The lowest BCUT2D eigenvalue weighted by molar-refractivity contribution is -0.425. The number of hydrogen-bond acceptors (Lipinski definition) is 23. The number of rotatable bonds is 41. The standard InChI is InChI=1S/C84H107N7O26S/c1-83(2)56-23-14-15-24-60(56)90(44-68(97)88-71-75(103)73(101)63(46-92)116-80(71)109)65(83)37-29-50-20-16-21-51(30-38-66-84(3,4)57-43-55(118(112,113)114)34-36-61(57)91(66)45-69(98)89-72-76(104)74(102)64(47-93)117-81(72)110)77(50)115-54-32-27-49(28-33-54)40-52(78(105)106)42-62(95)59(41-48-18-10-9-11-19-48)86-67(96)25-13-8-6-5-7-12-22-53(94)31-35-58(79(107)108)87-82(111)85-39-17-26-70(99)100/h9-11,14-15,18-19,23-24,27-30,32-34,36-38,43,52,58-59,63-64,71-76,80-81,92-93,101-104,109-110H,5-8,12-13,16-17,20-22,25-26,31,35,39-42,44-47H2,1-4H3,(H8-,85,86,87,88,89,96,97,98,99,100,105,106,107,108,111,112,113,114)/p+1/t52-,58-,59+,63?,64?,71?,72?,73?,74?,75?,76?,80?,81?/m1/s1. The number of para-hydroxylation sites is 1. The number of benzene rings is 4. The molecule has 0 aromatic heterocycles. The first-order valence-corrected chi connectivity index (χ1v) is 41.0. The molecule has 4 heterocycles. The number of carboxylic acid groups (broad SMARTS) is 3. The van der Waals surface area contributed by atoms with Crippen LogP contribution in [0.2, 0.25) is 0 Å². The fourth-order valence-electron chi connectivity index (χ4n) is 15.5. The molecule has 4 aliphatic heterocycles. The number of aliphatic hydroxyl groups excluding tert-OH is 8. The average molecular weight is 1660 g/mol. The maximum Gasteiger partial charge on any atom is 0.326 e. The molecule has 2 saturated heterocycles. The van der Waals surface area contributed by atoms with E-state index >= 15 is 0 Å². The van der Waals surface area contributed by atoms with Gasteiger partial charge in [-0.25, -0.2) is 9.59 Å². The molecule has 33 nitrogen and oxygen atoms in total. The first-order valence-electron chi connectivity index (χ1n) is 39.5. The van der Waals surface area contributed by atoms with Crippen LogP contribution in [0.4, 0.5) is 16.2 Å². The van der Waals surface area contributed by atoms with Crippen LogP contribution in [-0.4, -0.2) is 239 Å². The second kappa shape index (κ2) is 41.6. The lowest BCUT2D eigenvalue weighted by Crippen LogP contribution is -2.64. The number of amides is 5. The highest BCUT2D eigenvalue weighted by Gasteiger charge is 2.49. The molecule has 10 unspecified atom stereocenters. The second-order valence-corrected chi connectivity index (χ2v) is 32.8. The van der Waals surface area contributed by atoms with E-state index in [4.69, 9.17) is 19.3 Å². The van der Waals surface area contributed by atoms with Crippen molar-refractivity contribution in [3.8, 4) is 5.75 Å². The molecule has 2 fully saturated rings. The Kier molecular flexibility index (Phi) is 32.4. The number of carbonyl (C=O) groups excluding carboxylic acids is 6. The molecule has 17 N–H and O–H groups in total. The lowest BCUT2D eigenvalue weighted by atomic mass is 9.81. The van der Waals surface area contributed by atoms with Crippen molar-refractivity contribution in [2.75, 3.05) is 37.7 Å². The third-order valence-electron chi connectivity index (χ3n) is 22.1. The predicted octanol–water partition coefficient (Wildman–Crippen LogP) is 3.84. The summed E-state index contributed by atoms with van der Waals surface area (Å²) in [7, 11) is -4.76. The molecule has 5 amide bonds. The number of ether oxygens (including phenoxy) is 3. The normalized spacial score (nSPS) is 23.6. The third-order valence-corrected chi connectivity index (χ3v) is 22.9. The van der Waals surface area contributed by atoms with E-state index in [9.17, 15) is 107 Å². The van der Waals surface area contributed by atoms with Gasteiger partial charge in [-0.3, -0.25) is 38.1 Å². The molecule has 4 aromatic rings. The molecule has 5 aliphatic rings. The Morgan fingerprint density at radius 2 is 1.23 bits per heavy atom. The number of fused-ring (bicyclic) bond motifs is 2. The summed E-state index contributed by atoms with van der Waals surface area (Å²) in [5, 5.41) is 126. The number of nitrogens with zero attached hydrogens (tertiary/aromatic N) is 2. The number of ketones is 2. The molecule has 0 saturated carbocycles. The summed E-state index contributed by atoms with van der Waals surface area (Å²) in [6.45, 7) is 5.14. The molecular weight excluding hydrogens is 1560 g/mol. The van der Waals surface area contributed by atoms with Gasteiger partial charge in [0.05, 0.1) is 35.5 Å². The molecule has 0 bridgehead atoms.